The van der Waals surface area contributed by atoms with Crippen molar-refractivity contribution in [2.24, 2.45) is 5.92 Å². The third-order valence-electron chi connectivity index (χ3n) is 9.88. The lowest BCUT2D eigenvalue weighted by Gasteiger charge is -2.31. The molecule has 4 aromatic rings. The van der Waals surface area contributed by atoms with Crippen molar-refractivity contribution in [1.82, 2.24) is 4.90 Å². The number of benzene rings is 4. The van der Waals surface area contributed by atoms with Crippen LogP contribution in [0.1, 0.15) is 30.0 Å². The van der Waals surface area contributed by atoms with Crippen LogP contribution in [0.15, 0.2) is 109 Å². The zero-order valence-electron chi connectivity index (χ0n) is 28.0. The number of rotatable bonds is 12. The van der Waals surface area contributed by atoms with E-state index in [1.807, 2.05) is 116 Å². The van der Waals surface area contributed by atoms with Crippen LogP contribution < -0.4 is 9.80 Å². The van der Waals surface area contributed by atoms with Crippen molar-refractivity contribution in [3.63, 3.8) is 0 Å². The SMILES string of the molecule is C[C@@H]1[C@@H]([Si](C)(C)F)[C@H](CC(=O)N(CCO)Cc2ccccc2)O[C@@]12C(=O)N(Cc1ccc(N(C=O)c3ccccc3)cc1)c1ccccc12. The Hall–Kier alpha value is -4.64. The van der Waals surface area contributed by atoms with Gasteiger partial charge >= 0.3 is 0 Å². The summed E-state index contributed by atoms with van der Waals surface area (Å²) < 4.78 is 23.1. The van der Waals surface area contributed by atoms with Gasteiger partial charge in [-0.3, -0.25) is 19.3 Å². The minimum atomic E-state index is -3.48. The maximum Gasteiger partial charge on any atom is 0.264 e. The third kappa shape index (κ3) is 6.56. The second kappa shape index (κ2) is 14.1. The number of carbonyl (C=O) groups excluding carboxylic acids is 3. The summed E-state index contributed by atoms with van der Waals surface area (Å²) in [5.41, 5.74) is 2.48. The number of hydrogen-bond donors (Lipinski definition) is 1. The Morgan fingerprint density at radius 2 is 1.53 bits per heavy atom. The molecule has 4 atom stereocenters. The normalized spacial score (nSPS) is 21.5. The summed E-state index contributed by atoms with van der Waals surface area (Å²) in [6.07, 6.45) is -0.157. The molecule has 0 aliphatic carbocycles. The van der Waals surface area contributed by atoms with E-state index in [9.17, 15) is 19.5 Å². The first-order chi connectivity index (χ1) is 23.6. The van der Waals surface area contributed by atoms with Crippen molar-refractivity contribution < 1.29 is 28.3 Å². The molecule has 2 aliphatic heterocycles. The lowest BCUT2D eigenvalue weighted by atomic mass is 9.82. The molecular formula is C39H42FN3O5Si. The van der Waals surface area contributed by atoms with E-state index in [0.717, 1.165) is 23.2 Å². The molecule has 3 amide bonds. The average molecular weight is 680 g/mol. The number of carbonyl (C=O) groups is 3. The molecular weight excluding hydrogens is 638 g/mol. The van der Waals surface area contributed by atoms with Crippen LogP contribution >= 0.6 is 0 Å². The number of nitrogens with zero attached hydrogens (tertiary/aromatic N) is 3. The highest BCUT2D eigenvalue weighted by atomic mass is 28.4. The molecule has 4 aromatic carbocycles. The Morgan fingerprint density at radius 1 is 0.918 bits per heavy atom. The van der Waals surface area contributed by atoms with E-state index in [-0.39, 0.29) is 37.9 Å². The highest BCUT2D eigenvalue weighted by molar-refractivity contribution is 6.72. The summed E-state index contributed by atoms with van der Waals surface area (Å²) in [7, 11) is -3.48. The number of hydrogen-bond acceptors (Lipinski definition) is 5. The molecule has 0 aromatic heterocycles. The number of halogens is 1. The van der Waals surface area contributed by atoms with Crippen LogP contribution in [0.2, 0.25) is 18.6 Å². The number of anilines is 3. The molecule has 2 aliphatic rings. The number of fused-ring (bicyclic) bond motifs is 2. The smallest absolute Gasteiger partial charge is 0.264 e. The van der Waals surface area contributed by atoms with Crippen LogP contribution in [0.4, 0.5) is 21.2 Å². The first-order valence-electron chi connectivity index (χ1n) is 16.7. The maximum atomic E-state index is 16.3. The van der Waals surface area contributed by atoms with Crippen molar-refractivity contribution >= 4 is 43.7 Å². The van der Waals surface area contributed by atoms with Crippen molar-refractivity contribution in [3.8, 4) is 0 Å². The molecule has 10 heteroatoms. The predicted octanol–water partition coefficient (Wildman–Crippen LogP) is 6.71. The van der Waals surface area contributed by atoms with E-state index in [1.54, 1.807) is 27.8 Å². The van der Waals surface area contributed by atoms with Gasteiger partial charge in [0.25, 0.3) is 5.91 Å². The number of ether oxygens (including phenoxy) is 1. The number of para-hydroxylation sites is 2. The first kappa shape index (κ1) is 34.2. The third-order valence-corrected chi connectivity index (χ3v) is 12.3. The van der Waals surface area contributed by atoms with Gasteiger partial charge in [0, 0.05) is 41.5 Å². The Labute approximate surface area is 287 Å². The Morgan fingerprint density at radius 3 is 2.16 bits per heavy atom. The molecule has 1 fully saturated rings. The maximum absolute atomic E-state index is 16.3. The molecule has 6 rings (SSSR count). The average Bonchev–Trinajstić information content (AvgIpc) is 3.52. The van der Waals surface area contributed by atoms with E-state index in [4.69, 9.17) is 4.74 Å². The van der Waals surface area contributed by atoms with E-state index < -0.39 is 31.6 Å². The second-order valence-corrected chi connectivity index (χ2v) is 17.2. The molecule has 0 saturated carbocycles. The van der Waals surface area contributed by atoms with Crippen LogP contribution in [0, 0.1) is 5.92 Å². The fraction of sp³-hybridized carbons (Fsp3) is 0.308. The van der Waals surface area contributed by atoms with Gasteiger partial charge in [-0.1, -0.05) is 85.8 Å². The number of aliphatic hydroxyl groups excluding tert-OH is 1. The van der Waals surface area contributed by atoms with E-state index in [0.29, 0.717) is 23.5 Å². The van der Waals surface area contributed by atoms with Crippen molar-refractivity contribution in [1.29, 1.82) is 0 Å². The molecule has 49 heavy (non-hydrogen) atoms. The molecule has 0 bridgehead atoms. The molecule has 0 unspecified atom stereocenters. The van der Waals surface area contributed by atoms with Crippen molar-refractivity contribution in [3.05, 3.63) is 126 Å². The highest BCUT2D eigenvalue weighted by Gasteiger charge is 2.66. The largest absolute Gasteiger partial charge is 0.395 e. The summed E-state index contributed by atoms with van der Waals surface area (Å²) in [5, 5.41) is 9.77. The summed E-state index contributed by atoms with van der Waals surface area (Å²) in [6.45, 7) is 5.58. The summed E-state index contributed by atoms with van der Waals surface area (Å²) in [4.78, 5) is 45.3. The lowest BCUT2D eigenvalue weighted by molar-refractivity contribution is -0.150. The topological polar surface area (TPSA) is 90.4 Å². The van der Waals surface area contributed by atoms with Gasteiger partial charge < -0.3 is 23.8 Å². The molecule has 1 N–H and O–H groups in total. The van der Waals surface area contributed by atoms with Crippen LogP contribution in [-0.4, -0.2) is 55.9 Å². The quantitative estimate of drug-likeness (QED) is 0.102. The second-order valence-electron chi connectivity index (χ2n) is 13.4. The fourth-order valence-corrected chi connectivity index (χ4v) is 10.2. The number of aliphatic hydroxyl groups is 1. The van der Waals surface area contributed by atoms with Crippen LogP contribution in [0.25, 0.3) is 0 Å². The summed E-state index contributed by atoms with van der Waals surface area (Å²) in [6, 6.07) is 33.8. The molecule has 0 radical (unpaired) electrons. The van der Waals surface area contributed by atoms with E-state index in [2.05, 4.69) is 0 Å². The van der Waals surface area contributed by atoms with Gasteiger partial charge in [-0.05, 0) is 54.6 Å². The highest BCUT2D eigenvalue weighted by Crippen LogP contribution is 2.60. The van der Waals surface area contributed by atoms with E-state index in [1.165, 1.54) is 0 Å². The van der Waals surface area contributed by atoms with Crippen LogP contribution in [-0.2, 0) is 37.8 Å². The van der Waals surface area contributed by atoms with Gasteiger partial charge in [0.05, 0.1) is 31.4 Å². The Balaban J connectivity index is 1.28. The standard InChI is InChI=1S/C39H42FN3O5Si/c1-28-37(49(2,3)40)35(24-36(46)41(22-23-44)25-29-12-6-4-7-13-29)48-39(28)33-16-10-11-17-34(33)42(38(39)47)26-30-18-20-32(21-19-30)43(27-45)31-14-8-5-9-15-31/h4-21,27-28,35,37,44H,22-26H2,1-3H3/t28-,35+,37-,39+/m1/s1. The molecule has 8 nitrogen and oxygen atoms in total. The minimum Gasteiger partial charge on any atom is -0.395 e. The zero-order chi connectivity index (χ0) is 34.8. The summed E-state index contributed by atoms with van der Waals surface area (Å²) in [5.74, 6) is -1.07. The Bertz CT molecular complexity index is 1790. The van der Waals surface area contributed by atoms with Gasteiger partial charge in [-0.2, -0.15) is 0 Å². The van der Waals surface area contributed by atoms with Gasteiger partial charge in [0.2, 0.25) is 20.7 Å². The van der Waals surface area contributed by atoms with Crippen molar-refractivity contribution in [2.45, 2.75) is 56.8 Å². The van der Waals surface area contributed by atoms with Gasteiger partial charge in [0.1, 0.15) is 0 Å². The molecule has 254 valence electrons. The van der Waals surface area contributed by atoms with Gasteiger partial charge in [-0.25, -0.2) is 0 Å². The van der Waals surface area contributed by atoms with E-state index >= 15 is 4.11 Å². The zero-order valence-corrected chi connectivity index (χ0v) is 29.0. The molecule has 1 saturated heterocycles. The first-order valence-corrected chi connectivity index (χ1v) is 19.6. The minimum absolute atomic E-state index is 0.102. The fourth-order valence-electron chi connectivity index (χ4n) is 7.68. The summed E-state index contributed by atoms with van der Waals surface area (Å²) >= 11 is 0. The van der Waals surface area contributed by atoms with Crippen LogP contribution in [0.5, 0.6) is 0 Å². The van der Waals surface area contributed by atoms with Crippen molar-refractivity contribution in [2.75, 3.05) is 23.0 Å². The predicted molar refractivity (Wildman–Crippen MR) is 190 cm³/mol. The van der Waals surface area contributed by atoms with Gasteiger partial charge in [0.15, 0.2) is 5.60 Å². The Kier molecular flexibility index (Phi) is 9.83. The number of amides is 3. The molecule has 1 spiro atoms. The lowest BCUT2D eigenvalue weighted by Crippen LogP contribution is -2.45. The van der Waals surface area contributed by atoms with Crippen LogP contribution in [0.3, 0.4) is 0 Å². The molecule has 2 heterocycles. The monoisotopic (exact) mass is 679 g/mol. The van der Waals surface area contributed by atoms with Gasteiger partial charge in [-0.15, -0.1) is 0 Å².